The van der Waals surface area contributed by atoms with Crippen molar-refractivity contribution >= 4 is 16.7 Å². The number of hydrogen-bond acceptors (Lipinski definition) is 3. The molecular weight excluding hydrogens is 302 g/mol. The molecule has 2 aromatic rings. The summed E-state index contributed by atoms with van der Waals surface area (Å²) in [6.45, 7) is 3.81. The highest BCUT2D eigenvalue weighted by atomic mass is 16.2. The molecule has 2 fully saturated rings. The van der Waals surface area contributed by atoms with Crippen LogP contribution in [0.5, 0.6) is 0 Å². The predicted octanol–water partition coefficient (Wildman–Crippen LogP) is 2.90. The molecular formula is C19H23N3O2. The Kier molecular flexibility index (Phi) is 3.66. The third-order valence-electron chi connectivity index (χ3n) is 5.49. The van der Waals surface area contributed by atoms with Gasteiger partial charge in [0, 0.05) is 11.4 Å². The van der Waals surface area contributed by atoms with Crippen LogP contribution in [0.25, 0.3) is 10.8 Å². The number of carbonyl (C=O) groups is 1. The Morgan fingerprint density at radius 3 is 2.42 bits per heavy atom. The number of amides is 1. The van der Waals surface area contributed by atoms with E-state index in [1.807, 2.05) is 32.0 Å². The molecule has 0 bridgehead atoms. The Morgan fingerprint density at radius 2 is 1.79 bits per heavy atom. The number of rotatable bonds is 3. The number of nitrogens with one attached hydrogen (secondary N) is 1. The van der Waals surface area contributed by atoms with Crippen molar-refractivity contribution in [3.63, 3.8) is 0 Å². The zero-order valence-corrected chi connectivity index (χ0v) is 14.2. The van der Waals surface area contributed by atoms with Crippen LogP contribution in [-0.4, -0.2) is 21.7 Å². The second kappa shape index (κ2) is 5.72. The molecule has 2 atom stereocenters. The van der Waals surface area contributed by atoms with Crippen molar-refractivity contribution < 1.29 is 4.79 Å². The molecule has 1 aromatic heterocycles. The van der Waals surface area contributed by atoms with Crippen LogP contribution in [0.2, 0.25) is 0 Å². The third-order valence-corrected chi connectivity index (χ3v) is 5.49. The van der Waals surface area contributed by atoms with Crippen LogP contribution in [0, 0.1) is 11.8 Å². The molecule has 1 N–H and O–H groups in total. The second-order valence-corrected chi connectivity index (χ2v) is 7.35. The molecule has 1 amide bonds. The Morgan fingerprint density at radius 1 is 1.17 bits per heavy atom. The molecule has 0 unspecified atom stereocenters. The first-order valence-electron chi connectivity index (χ1n) is 8.90. The first-order chi connectivity index (χ1) is 11.6. The van der Waals surface area contributed by atoms with E-state index in [9.17, 15) is 9.59 Å². The minimum atomic E-state index is -0.153. The maximum Gasteiger partial charge on any atom is 0.274 e. The highest BCUT2D eigenvalue weighted by Crippen LogP contribution is 2.49. The lowest BCUT2D eigenvalue weighted by molar-refractivity contribution is 0.0941. The molecule has 2 saturated carbocycles. The smallest absolute Gasteiger partial charge is 0.274 e. The van der Waals surface area contributed by atoms with Crippen molar-refractivity contribution in [1.82, 2.24) is 15.1 Å². The van der Waals surface area contributed by atoms with Gasteiger partial charge in [0.15, 0.2) is 5.69 Å². The molecule has 5 heteroatoms. The highest BCUT2D eigenvalue weighted by Gasteiger charge is 2.51. The SMILES string of the molecule is CC(C)n1nc(C(=O)NC2[C@@H]3CCCC[C@@H]23)c2ccccc2c1=O. The Balaban J connectivity index is 1.71. The summed E-state index contributed by atoms with van der Waals surface area (Å²) >= 11 is 0. The molecule has 1 heterocycles. The maximum atomic E-state index is 12.8. The van der Waals surface area contributed by atoms with Crippen LogP contribution in [0.3, 0.4) is 0 Å². The van der Waals surface area contributed by atoms with E-state index in [1.54, 1.807) is 6.07 Å². The fraction of sp³-hybridized carbons (Fsp3) is 0.526. The molecule has 5 nitrogen and oxygen atoms in total. The summed E-state index contributed by atoms with van der Waals surface area (Å²) in [6.07, 6.45) is 4.98. The largest absolute Gasteiger partial charge is 0.347 e. The van der Waals surface area contributed by atoms with Gasteiger partial charge in [0.1, 0.15) is 0 Å². The van der Waals surface area contributed by atoms with Gasteiger partial charge in [0.25, 0.3) is 11.5 Å². The van der Waals surface area contributed by atoms with E-state index in [2.05, 4.69) is 10.4 Å². The lowest BCUT2D eigenvalue weighted by Crippen LogP contribution is -2.33. The number of hydrogen-bond donors (Lipinski definition) is 1. The van der Waals surface area contributed by atoms with E-state index in [0.29, 0.717) is 34.3 Å². The van der Waals surface area contributed by atoms with Gasteiger partial charge in [-0.1, -0.05) is 31.0 Å². The van der Waals surface area contributed by atoms with Crippen molar-refractivity contribution in [2.24, 2.45) is 11.8 Å². The van der Waals surface area contributed by atoms with Crippen LogP contribution in [0.15, 0.2) is 29.1 Å². The first-order valence-corrected chi connectivity index (χ1v) is 8.90. The zero-order chi connectivity index (χ0) is 16.8. The average molecular weight is 325 g/mol. The topological polar surface area (TPSA) is 64.0 Å². The molecule has 24 heavy (non-hydrogen) atoms. The van der Waals surface area contributed by atoms with Crippen LogP contribution < -0.4 is 10.9 Å². The van der Waals surface area contributed by atoms with E-state index < -0.39 is 0 Å². The summed E-state index contributed by atoms with van der Waals surface area (Å²) in [5.74, 6) is 1.13. The van der Waals surface area contributed by atoms with Gasteiger partial charge >= 0.3 is 0 Å². The van der Waals surface area contributed by atoms with Crippen LogP contribution in [-0.2, 0) is 0 Å². The summed E-state index contributed by atoms with van der Waals surface area (Å²) in [7, 11) is 0. The third kappa shape index (κ3) is 2.43. The van der Waals surface area contributed by atoms with E-state index in [1.165, 1.54) is 30.4 Å². The molecule has 126 valence electrons. The summed E-state index contributed by atoms with van der Waals surface area (Å²) < 4.78 is 1.41. The van der Waals surface area contributed by atoms with Gasteiger partial charge in [0.05, 0.1) is 11.4 Å². The Labute approximate surface area is 141 Å². The average Bonchev–Trinajstić information content (AvgIpc) is 3.28. The van der Waals surface area contributed by atoms with Gasteiger partial charge < -0.3 is 5.32 Å². The molecule has 4 rings (SSSR count). The monoisotopic (exact) mass is 325 g/mol. The Bertz CT molecular complexity index is 843. The Hall–Kier alpha value is -2.17. The number of benzene rings is 1. The van der Waals surface area contributed by atoms with Crippen LogP contribution in [0.1, 0.15) is 56.1 Å². The standard InChI is InChI=1S/C19H23N3O2/c1-11(2)22-19(24)15-10-6-5-9-14(15)17(21-22)18(23)20-16-12-7-3-4-8-13(12)16/h5-6,9-13,16H,3-4,7-8H2,1-2H3,(H,20,23)/t12-,13-/m1/s1. The summed E-state index contributed by atoms with van der Waals surface area (Å²) in [5, 5.41) is 8.76. The van der Waals surface area contributed by atoms with E-state index in [-0.39, 0.29) is 17.5 Å². The van der Waals surface area contributed by atoms with Gasteiger partial charge in [-0.15, -0.1) is 0 Å². The maximum absolute atomic E-state index is 12.8. The van der Waals surface area contributed by atoms with Crippen LogP contribution >= 0.6 is 0 Å². The molecule has 2 aliphatic rings. The van der Waals surface area contributed by atoms with E-state index in [0.717, 1.165) is 0 Å². The number of fused-ring (bicyclic) bond motifs is 2. The van der Waals surface area contributed by atoms with Crippen molar-refractivity contribution in [1.29, 1.82) is 0 Å². The minimum absolute atomic E-state index is 0.0860. The fourth-order valence-electron chi connectivity index (χ4n) is 4.15. The molecule has 0 radical (unpaired) electrons. The molecule has 0 aliphatic heterocycles. The predicted molar refractivity (Wildman–Crippen MR) is 93.1 cm³/mol. The number of aromatic nitrogens is 2. The first kappa shape index (κ1) is 15.4. The summed E-state index contributed by atoms with van der Waals surface area (Å²) in [5.41, 5.74) is 0.222. The van der Waals surface area contributed by atoms with E-state index in [4.69, 9.17) is 0 Å². The van der Waals surface area contributed by atoms with Gasteiger partial charge in [0.2, 0.25) is 0 Å². The normalized spacial score (nSPS) is 25.5. The van der Waals surface area contributed by atoms with Crippen molar-refractivity contribution in [3.8, 4) is 0 Å². The minimum Gasteiger partial charge on any atom is -0.347 e. The van der Waals surface area contributed by atoms with Gasteiger partial charge in [-0.3, -0.25) is 9.59 Å². The quantitative estimate of drug-likeness (QED) is 0.944. The molecule has 2 aliphatic carbocycles. The van der Waals surface area contributed by atoms with Gasteiger partial charge in [-0.2, -0.15) is 5.10 Å². The van der Waals surface area contributed by atoms with Crippen molar-refractivity contribution in [2.45, 2.75) is 51.6 Å². The molecule has 1 aromatic carbocycles. The number of nitrogens with zero attached hydrogens (tertiary/aromatic N) is 2. The van der Waals surface area contributed by atoms with E-state index >= 15 is 0 Å². The number of carbonyl (C=O) groups excluding carboxylic acids is 1. The molecule has 0 saturated heterocycles. The van der Waals surface area contributed by atoms with Crippen molar-refractivity contribution in [3.05, 3.63) is 40.3 Å². The van der Waals surface area contributed by atoms with Crippen LogP contribution in [0.4, 0.5) is 0 Å². The highest BCUT2D eigenvalue weighted by molar-refractivity contribution is 6.05. The zero-order valence-electron chi connectivity index (χ0n) is 14.2. The second-order valence-electron chi connectivity index (χ2n) is 7.35. The van der Waals surface area contributed by atoms with Crippen molar-refractivity contribution in [2.75, 3.05) is 0 Å². The summed E-state index contributed by atoms with van der Waals surface area (Å²) in [6, 6.07) is 7.45. The lowest BCUT2D eigenvalue weighted by Gasteiger charge is -2.13. The summed E-state index contributed by atoms with van der Waals surface area (Å²) in [4.78, 5) is 25.4. The van der Waals surface area contributed by atoms with Gasteiger partial charge in [-0.25, -0.2) is 4.68 Å². The fourth-order valence-corrected chi connectivity index (χ4v) is 4.15. The lowest BCUT2D eigenvalue weighted by atomic mass is 10.0. The molecule has 0 spiro atoms. The van der Waals surface area contributed by atoms with Gasteiger partial charge in [-0.05, 0) is 44.6 Å².